The topological polar surface area (TPSA) is 212 Å². The number of cyclic esters (lactones) is 1. The predicted molar refractivity (Wildman–Crippen MR) is 246 cm³/mol. The van der Waals surface area contributed by atoms with Crippen LogP contribution in [-0.4, -0.2) is 138 Å². The number of Topliss-reactive ketones (excluding diaryl/α,β-unsaturated/α-hetero) is 4. The normalized spacial score (nSPS) is 37.7. The van der Waals surface area contributed by atoms with Gasteiger partial charge in [0.15, 0.2) is 11.6 Å². The van der Waals surface area contributed by atoms with Crippen molar-refractivity contribution >= 4 is 35.0 Å². The second-order valence-electron chi connectivity index (χ2n) is 19.9. The fraction of sp³-hybridized carbons (Fsp3) is 0.765. The van der Waals surface area contributed by atoms with E-state index in [2.05, 4.69) is 0 Å². The molecule has 4 aliphatic rings. The Kier molecular flexibility index (Phi) is 21.1. The Balaban J connectivity index is 1.71. The molecule has 4 rings (SSSR count). The van der Waals surface area contributed by atoms with Crippen molar-refractivity contribution in [1.82, 2.24) is 4.90 Å². The molecular weight excluding hydrogens is 851 g/mol. The number of ether oxygens (including phenoxy) is 5. The van der Waals surface area contributed by atoms with Gasteiger partial charge in [0.05, 0.1) is 30.5 Å². The van der Waals surface area contributed by atoms with E-state index in [1.165, 1.54) is 19.1 Å². The first-order chi connectivity index (χ1) is 31.2. The fourth-order valence-electron chi connectivity index (χ4n) is 10.2. The van der Waals surface area contributed by atoms with Crippen LogP contribution < -0.4 is 0 Å². The van der Waals surface area contributed by atoms with Crippen LogP contribution in [0.15, 0.2) is 35.5 Å². The molecule has 0 aromatic rings. The van der Waals surface area contributed by atoms with Crippen molar-refractivity contribution in [3.05, 3.63) is 35.5 Å². The lowest BCUT2D eigenvalue weighted by Crippen LogP contribution is -2.61. The van der Waals surface area contributed by atoms with E-state index in [0.717, 1.165) is 5.57 Å². The maximum atomic E-state index is 14.4. The van der Waals surface area contributed by atoms with E-state index in [0.29, 0.717) is 51.4 Å². The molecule has 0 aromatic heterocycles. The zero-order valence-electron chi connectivity index (χ0n) is 41.1. The molecule has 2 saturated heterocycles. The SMILES string of the molecule is CO[C@H]1CC2CC[C@@H](C)[C@@](O)(O2)C(=O)C(=O)N2CCCC[C@H]2C(=O)O[C@H]([C@H](C)CC2CC[C@@H](O)[C@H](OC)C2)CC(=O)C(C)=CC(C)[C@@H](O)[C@@H](OC)C(=O)[C@H](C)C[C@H](C)C(=O)CC=CC=C1C. The average Bonchev–Trinajstić information content (AvgIpc) is 3.29. The molecule has 3 aliphatic heterocycles. The number of fused-ring (bicyclic) bond motifs is 3. The van der Waals surface area contributed by atoms with E-state index in [9.17, 15) is 44.1 Å². The third kappa shape index (κ3) is 14.1. The van der Waals surface area contributed by atoms with Crippen LogP contribution in [-0.2, 0) is 52.5 Å². The van der Waals surface area contributed by atoms with Crippen molar-refractivity contribution in [2.75, 3.05) is 27.9 Å². The van der Waals surface area contributed by atoms with Crippen molar-refractivity contribution in [3.8, 4) is 0 Å². The Morgan fingerprint density at radius 2 is 1.58 bits per heavy atom. The molecule has 2 bridgehead atoms. The molecule has 1 aliphatic carbocycles. The van der Waals surface area contributed by atoms with Gasteiger partial charge in [-0.1, -0.05) is 58.9 Å². The maximum Gasteiger partial charge on any atom is 0.329 e. The van der Waals surface area contributed by atoms with Gasteiger partial charge in [-0.25, -0.2) is 4.79 Å². The summed E-state index contributed by atoms with van der Waals surface area (Å²) in [6.45, 7) is 12.2. The number of carbonyl (C=O) groups is 6. The van der Waals surface area contributed by atoms with Crippen LogP contribution in [0.5, 0.6) is 0 Å². The molecule has 0 spiro atoms. The average molecular weight is 930 g/mol. The quantitative estimate of drug-likeness (QED) is 0.219. The van der Waals surface area contributed by atoms with Crippen LogP contribution in [0.3, 0.4) is 0 Å². The molecule has 3 unspecified atom stereocenters. The predicted octanol–water partition coefficient (Wildman–Crippen LogP) is 5.58. The zero-order valence-corrected chi connectivity index (χ0v) is 41.1. The summed E-state index contributed by atoms with van der Waals surface area (Å²) in [6, 6.07) is -1.16. The van der Waals surface area contributed by atoms with Crippen LogP contribution in [0.4, 0.5) is 0 Å². The molecule has 0 aromatic carbocycles. The number of allylic oxidation sites excluding steroid dienone is 4. The van der Waals surface area contributed by atoms with Crippen LogP contribution in [0.25, 0.3) is 0 Å². The number of aliphatic hydroxyl groups is 3. The van der Waals surface area contributed by atoms with Gasteiger partial charge in [0.25, 0.3) is 11.7 Å². The zero-order chi connectivity index (χ0) is 49.0. The number of piperidine rings is 1. The Morgan fingerprint density at radius 1 is 0.864 bits per heavy atom. The highest BCUT2D eigenvalue weighted by molar-refractivity contribution is 6.39. The summed E-state index contributed by atoms with van der Waals surface area (Å²) in [6.07, 6.45) is 6.18. The largest absolute Gasteiger partial charge is 0.460 e. The highest BCUT2D eigenvalue weighted by Crippen LogP contribution is 2.38. The number of rotatable bonds is 6. The highest BCUT2D eigenvalue weighted by atomic mass is 16.6. The first-order valence-electron chi connectivity index (χ1n) is 24.2. The third-order valence-corrected chi connectivity index (χ3v) is 14.8. The molecule has 15 nitrogen and oxygen atoms in total. The summed E-state index contributed by atoms with van der Waals surface area (Å²) < 4.78 is 29.3. The minimum Gasteiger partial charge on any atom is -0.460 e. The number of nitrogens with zero attached hydrogens (tertiary/aromatic N) is 1. The van der Waals surface area contributed by atoms with Gasteiger partial charge in [-0.15, -0.1) is 0 Å². The molecule has 0 radical (unpaired) electrons. The summed E-state index contributed by atoms with van der Waals surface area (Å²) in [5.74, 6) is -9.05. The second kappa shape index (κ2) is 25.2. The van der Waals surface area contributed by atoms with E-state index >= 15 is 0 Å². The van der Waals surface area contributed by atoms with Crippen molar-refractivity contribution < 1.29 is 67.8 Å². The summed E-state index contributed by atoms with van der Waals surface area (Å²) in [7, 11) is 4.43. The van der Waals surface area contributed by atoms with Gasteiger partial charge in [0.1, 0.15) is 24.0 Å². The lowest BCUT2D eigenvalue weighted by molar-refractivity contribution is -0.265. The Labute approximate surface area is 392 Å². The summed E-state index contributed by atoms with van der Waals surface area (Å²) in [4.78, 5) is 85.0. The summed E-state index contributed by atoms with van der Waals surface area (Å²) >= 11 is 0. The number of carbonyl (C=O) groups excluding carboxylic acids is 6. The number of aliphatic hydroxyl groups excluding tert-OH is 2. The molecule has 372 valence electrons. The highest BCUT2D eigenvalue weighted by Gasteiger charge is 2.53. The van der Waals surface area contributed by atoms with Gasteiger partial charge in [-0.3, -0.25) is 24.0 Å². The number of methoxy groups -OCH3 is 3. The van der Waals surface area contributed by atoms with Gasteiger partial charge >= 0.3 is 5.97 Å². The minimum absolute atomic E-state index is 0.0692. The van der Waals surface area contributed by atoms with Crippen molar-refractivity contribution in [2.45, 2.75) is 186 Å². The number of hydrogen-bond donors (Lipinski definition) is 3. The molecule has 3 N–H and O–H groups in total. The molecule has 15 heteroatoms. The van der Waals surface area contributed by atoms with E-state index < -0.39 is 89.8 Å². The van der Waals surface area contributed by atoms with Crippen molar-refractivity contribution in [1.29, 1.82) is 0 Å². The molecule has 15 atom stereocenters. The van der Waals surface area contributed by atoms with E-state index in [1.807, 2.05) is 19.9 Å². The maximum absolute atomic E-state index is 14.4. The number of esters is 1. The Morgan fingerprint density at radius 3 is 2.24 bits per heavy atom. The van der Waals surface area contributed by atoms with Gasteiger partial charge in [-0.2, -0.15) is 0 Å². The van der Waals surface area contributed by atoms with Gasteiger partial charge in [0, 0.05) is 70.8 Å². The lowest BCUT2D eigenvalue weighted by atomic mass is 9.78. The van der Waals surface area contributed by atoms with Crippen LogP contribution in [0.2, 0.25) is 0 Å². The number of ketones is 4. The van der Waals surface area contributed by atoms with Gasteiger partial charge in [-0.05, 0) is 101 Å². The van der Waals surface area contributed by atoms with Crippen LogP contribution in [0, 0.1) is 35.5 Å². The fourth-order valence-corrected chi connectivity index (χ4v) is 10.2. The van der Waals surface area contributed by atoms with E-state index in [1.54, 1.807) is 60.0 Å². The first-order valence-corrected chi connectivity index (χ1v) is 24.2. The second-order valence-corrected chi connectivity index (χ2v) is 19.9. The van der Waals surface area contributed by atoms with Gasteiger partial charge < -0.3 is 43.9 Å². The smallest absolute Gasteiger partial charge is 0.329 e. The van der Waals surface area contributed by atoms with Crippen molar-refractivity contribution in [3.63, 3.8) is 0 Å². The van der Waals surface area contributed by atoms with Crippen molar-refractivity contribution in [2.24, 2.45) is 35.5 Å². The lowest BCUT2D eigenvalue weighted by Gasteiger charge is -2.42. The standard InChI is InChI=1S/C51H79NO14/c1-29-15-11-12-17-39(53)30(2)23-33(5)45(56)47(64-10)46(57)34(6)24-31(3)41(55)28-43(32(4)25-36-19-21-40(54)44(26-36)63-9)65-50(60)38-16-13-14-22-52(38)49(59)48(58)51(61)35(7)18-20-37(66-51)27-42(29)62-8/h11-12,15,24,30,32-38,40,42-44,46-47,54,57,61H,13-14,16-23,25-28H2,1-10H3/t30-,32+,33+,34?,35+,36?,37?,38-,40+,42-,43-,44+,46+,47-,51+/m0/s1. The number of hydrogen-bond acceptors (Lipinski definition) is 14. The molecule has 1 amide bonds. The van der Waals surface area contributed by atoms with E-state index in [4.69, 9.17) is 23.7 Å². The minimum atomic E-state index is -2.46. The molecule has 66 heavy (non-hydrogen) atoms. The van der Waals surface area contributed by atoms with Gasteiger partial charge in [0.2, 0.25) is 5.79 Å². The Bertz CT molecular complexity index is 1790. The summed E-state index contributed by atoms with van der Waals surface area (Å²) in [5, 5.41) is 33.9. The van der Waals surface area contributed by atoms with Crippen LogP contribution >= 0.6 is 0 Å². The van der Waals surface area contributed by atoms with E-state index in [-0.39, 0.29) is 79.5 Å². The molecule has 3 heterocycles. The molecule has 3 fully saturated rings. The Hall–Kier alpha value is -3.44. The third-order valence-electron chi connectivity index (χ3n) is 14.8. The first kappa shape index (κ1) is 55.2. The number of amides is 1. The summed E-state index contributed by atoms with van der Waals surface area (Å²) in [5.41, 5.74) is 1.08. The molecular formula is C51H79NO14. The van der Waals surface area contributed by atoms with Crippen LogP contribution in [0.1, 0.15) is 132 Å². The monoisotopic (exact) mass is 930 g/mol. The molecule has 1 saturated carbocycles.